The van der Waals surface area contributed by atoms with Crippen LogP contribution in [0.1, 0.15) is 50.5 Å². The molecule has 1 rings (SSSR count). The molecular weight excluding hydrogens is 207 g/mol. The number of unbranched alkanes of at least 4 members (excludes halogenated alkanes) is 6. The minimum atomic E-state index is 1.27. The van der Waals surface area contributed by atoms with Gasteiger partial charge >= 0.3 is 0 Å². The lowest BCUT2D eigenvalue weighted by Gasteiger charge is -2.02. The molecular formula is C15H25Al. The fourth-order valence-electron chi connectivity index (χ4n) is 2.11. The predicted octanol–water partition coefficient (Wildman–Crippen LogP) is 4.01. The van der Waals surface area contributed by atoms with E-state index in [1.54, 1.807) is 0 Å². The van der Waals surface area contributed by atoms with Gasteiger partial charge in [0, 0.05) is 0 Å². The smallest absolute Gasteiger partial charge is 0.101 e. The number of aryl methyl sites for hydroxylation is 1. The highest BCUT2D eigenvalue weighted by molar-refractivity contribution is 6.08. The average molecular weight is 232 g/mol. The predicted molar refractivity (Wildman–Crippen MR) is 75.8 cm³/mol. The van der Waals surface area contributed by atoms with Crippen molar-refractivity contribution in [3.63, 3.8) is 0 Å². The highest BCUT2D eigenvalue weighted by Crippen LogP contribution is 2.10. The Labute approximate surface area is 109 Å². The molecule has 0 fully saturated rings. The normalized spacial score (nSPS) is 10.5. The fraction of sp³-hybridized carbons (Fsp3) is 0.600. The molecule has 0 spiro atoms. The standard InChI is InChI=1S/C15H23.Al.2H/c1-2-3-4-5-6-7-9-12-15-13-10-8-11-14-15;;;/h8,10-11,13-14H,1-7,9,12H2;;;. The number of rotatable bonds is 9. The second-order valence-corrected chi connectivity index (χ2v) is 5.71. The maximum Gasteiger partial charge on any atom is 0.211 e. The van der Waals surface area contributed by atoms with Gasteiger partial charge in [-0.25, -0.2) is 0 Å². The zero-order chi connectivity index (χ0) is 11.5. The Morgan fingerprint density at radius 1 is 0.688 bits per heavy atom. The Kier molecular flexibility index (Phi) is 8.58. The van der Waals surface area contributed by atoms with E-state index in [2.05, 4.69) is 30.3 Å². The first kappa shape index (κ1) is 13.8. The molecule has 0 heterocycles. The molecule has 0 N–H and O–H groups in total. The summed E-state index contributed by atoms with van der Waals surface area (Å²) in [5, 5.41) is 1.49. The van der Waals surface area contributed by atoms with E-state index in [1.807, 2.05) is 0 Å². The molecule has 0 aliphatic carbocycles. The number of hydrogen-bond donors (Lipinski definition) is 0. The lowest BCUT2D eigenvalue weighted by atomic mass is 10.0. The van der Waals surface area contributed by atoms with Crippen LogP contribution in [0.15, 0.2) is 30.3 Å². The summed E-state index contributed by atoms with van der Waals surface area (Å²) < 4.78 is 0. The van der Waals surface area contributed by atoms with Gasteiger partial charge in [0.25, 0.3) is 0 Å². The zero-order valence-electron chi connectivity index (χ0n) is 10.8. The lowest BCUT2D eigenvalue weighted by Crippen LogP contribution is -1.85. The van der Waals surface area contributed by atoms with E-state index in [4.69, 9.17) is 0 Å². The molecule has 0 saturated heterocycles. The molecule has 1 aromatic rings. The first-order valence-corrected chi connectivity index (χ1v) is 8.39. The largest absolute Gasteiger partial charge is 0.211 e. The van der Waals surface area contributed by atoms with Gasteiger partial charge in [0.2, 0.25) is 16.3 Å². The van der Waals surface area contributed by atoms with Crippen LogP contribution in [0, 0.1) is 0 Å². The molecule has 88 valence electrons. The van der Waals surface area contributed by atoms with Crippen molar-refractivity contribution in [1.29, 1.82) is 0 Å². The van der Waals surface area contributed by atoms with E-state index < -0.39 is 0 Å². The van der Waals surface area contributed by atoms with E-state index in [-0.39, 0.29) is 0 Å². The van der Waals surface area contributed by atoms with Crippen molar-refractivity contribution in [3.8, 4) is 0 Å². The Morgan fingerprint density at radius 2 is 1.25 bits per heavy atom. The maximum atomic E-state index is 2.24. The number of benzene rings is 1. The molecule has 0 aliphatic heterocycles. The molecule has 1 heteroatoms. The first-order valence-electron chi connectivity index (χ1n) is 6.97. The minimum Gasteiger partial charge on any atom is -0.101 e. The third kappa shape index (κ3) is 7.10. The van der Waals surface area contributed by atoms with Gasteiger partial charge in [-0.2, -0.15) is 0 Å². The van der Waals surface area contributed by atoms with Crippen molar-refractivity contribution in [3.05, 3.63) is 35.9 Å². The summed E-state index contributed by atoms with van der Waals surface area (Å²) in [7, 11) is 0. The van der Waals surface area contributed by atoms with Crippen LogP contribution >= 0.6 is 0 Å². The second kappa shape index (κ2) is 9.94. The summed E-state index contributed by atoms with van der Waals surface area (Å²) >= 11 is 1.39. The van der Waals surface area contributed by atoms with Gasteiger partial charge in [0.15, 0.2) is 0 Å². The molecule has 16 heavy (non-hydrogen) atoms. The summed E-state index contributed by atoms with van der Waals surface area (Å²) in [5.74, 6) is 0. The monoisotopic (exact) mass is 232 g/mol. The summed E-state index contributed by atoms with van der Waals surface area (Å²) in [5.41, 5.74) is 1.50. The Balaban J connectivity index is 1.89. The van der Waals surface area contributed by atoms with Gasteiger partial charge in [-0.15, -0.1) is 5.28 Å². The van der Waals surface area contributed by atoms with Gasteiger partial charge in [-0.1, -0.05) is 68.9 Å². The van der Waals surface area contributed by atoms with Crippen molar-refractivity contribution in [2.24, 2.45) is 0 Å². The highest BCUT2D eigenvalue weighted by Gasteiger charge is 1.93. The van der Waals surface area contributed by atoms with E-state index in [1.165, 1.54) is 78.5 Å². The Bertz CT molecular complexity index is 243. The summed E-state index contributed by atoms with van der Waals surface area (Å²) in [6.07, 6.45) is 11.4. The van der Waals surface area contributed by atoms with Crippen LogP contribution in [0.5, 0.6) is 0 Å². The van der Waals surface area contributed by atoms with Gasteiger partial charge in [-0.3, -0.25) is 0 Å². The number of hydrogen-bond acceptors (Lipinski definition) is 0. The van der Waals surface area contributed by atoms with Crippen LogP contribution in [0.3, 0.4) is 0 Å². The van der Waals surface area contributed by atoms with E-state index >= 15 is 0 Å². The van der Waals surface area contributed by atoms with Crippen LogP contribution in [-0.2, 0) is 6.42 Å². The van der Waals surface area contributed by atoms with Crippen LogP contribution in [-0.4, -0.2) is 16.3 Å². The second-order valence-electron chi connectivity index (χ2n) is 4.71. The van der Waals surface area contributed by atoms with Crippen molar-refractivity contribution in [2.45, 2.75) is 56.6 Å². The molecule has 0 aromatic heterocycles. The van der Waals surface area contributed by atoms with E-state index in [0.717, 1.165) is 0 Å². The van der Waals surface area contributed by atoms with Gasteiger partial charge in [0.1, 0.15) is 0 Å². The van der Waals surface area contributed by atoms with Crippen molar-refractivity contribution in [1.82, 2.24) is 0 Å². The van der Waals surface area contributed by atoms with Crippen molar-refractivity contribution < 1.29 is 0 Å². The molecule has 0 aliphatic rings. The minimum absolute atomic E-state index is 1.27. The summed E-state index contributed by atoms with van der Waals surface area (Å²) in [6.45, 7) is 0. The topological polar surface area (TPSA) is 0 Å². The maximum absolute atomic E-state index is 2.24. The third-order valence-electron chi connectivity index (χ3n) is 3.16. The molecule has 0 saturated carbocycles. The molecule has 0 radical (unpaired) electrons. The molecule has 0 bridgehead atoms. The van der Waals surface area contributed by atoms with Gasteiger partial charge < -0.3 is 0 Å². The highest BCUT2D eigenvalue weighted by atomic mass is 27.0. The third-order valence-corrected chi connectivity index (χ3v) is 3.87. The van der Waals surface area contributed by atoms with Crippen molar-refractivity contribution in [2.75, 3.05) is 0 Å². The van der Waals surface area contributed by atoms with E-state index in [0.29, 0.717) is 0 Å². The van der Waals surface area contributed by atoms with Gasteiger partial charge in [-0.05, 0) is 18.4 Å². The average Bonchev–Trinajstić information content (AvgIpc) is 2.34. The van der Waals surface area contributed by atoms with Crippen LogP contribution in [0.25, 0.3) is 0 Å². The molecule has 0 unspecified atom stereocenters. The molecule has 0 nitrogen and oxygen atoms in total. The van der Waals surface area contributed by atoms with Crippen LogP contribution < -0.4 is 0 Å². The zero-order valence-corrected chi connectivity index (χ0v) is 12.8. The van der Waals surface area contributed by atoms with E-state index in [9.17, 15) is 0 Å². The fourth-order valence-corrected chi connectivity index (χ4v) is 2.61. The van der Waals surface area contributed by atoms with Crippen molar-refractivity contribution >= 4 is 16.3 Å². The molecule has 0 atom stereocenters. The lowest BCUT2D eigenvalue weighted by molar-refractivity contribution is 0.589. The van der Waals surface area contributed by atoms with Crippen LogP contribution in [0.4, 0.5) is 0 Å². The first-order chi connectivity index (χ1) is 7.93. The summed E-state index contributed by atoms with van der Waals surface area (Å²) in [6, 6.07) is 10.9. The molecule has 0 amide bonds. The van der Waals surface area contributed by atoms with Gasteiger partial charge in [0.05, 0.1) is 0 Å². The SMILES string of the molecule is [AlH2][CH2]CCCCCCCCc1ccccc1. The Morgan fingerprint density at radius 3 is 1.88 bits per heavy atom. The molecule has 1 aromatic carbocycles. The Hall–Kier alpha value is -0.248. The summed E-state index contributed by atoms with van der Waals surface area (Å²) in [4.78, 5) is 0. The quantitative estimate of drug-likeness (QED) is 0.446. The van der Waals surface area contributed by atoms with Crippen LogP contribution in [0.2, 0.25) is 5.28 Å².